The Morgan fingerprint density at radius 1 is 1.43 bits per heavy atom. The molecule has 0 aromatic rings. The first kappa shape index (κ1) is 15.7. The summed E-state index contributed by atoms with van der Waals surface area (Å²) in [5, 5.41) is 0. The number of rotatable bonds is 0. The van der Waals surface area contributed by atoms with Gasteiger partial charge in [0.15, 0.2) is 0 Å². The van der Waals surface area contributed by atoms with Gasteiger partial charge in [-0.1, -0.05) is 0 Å². The van der Waals surface area contributed by atoms with E-state index in [1.54, 1.807) is 0 Å². The van der Waals surface area contributed by atoms with Gasteiger partial charge in [-0.2, -0.15) is 0 Å². The third-order valence-corrected chi connectivity index (χ3v) is 0. The van der Waals surface area contributed by atoms with E-state index < -0.39 is 10.4 Å². The van der Waals surface area contributed by atoms with Crippen LogP contribution in [0.3, 0.4) is 0 Å². The van der Waals surface area contributed by atoms with Crippen molar-refractivity contribution in [1.82, 2.24) is 6.15 Å². The van der Waals surface area contributed by atoms with Gasteiger partial charge in [-0.15, -0.1) is 0 Å². The zero-order valence-corrected chi connectivity index (χ0v) is 7.28. The van der Waals surface area contributed by atoms with Crippen LogP contribution in [0, 0.1) is 0 Å². The van der Waals surface area contributed by atoms with Gasteiger partial charge in [-0.3, -0.25) is 4.55 Å². The Morgan fingerprint density at radius 2 is 1.43 bits per heavy atom. The van der Waals surface area contributed by atoms with Crippen LogP contribution in [0.2, 0.25) is 0 Å². The van der Waals surface area contributed by atoms with Crippen molar-refractivity contribution in [2.24, 2.45) is 0 Å². The van der Waals surface area contributed by atoms with Gasteiger partial charge < -0.3 is 10.7 Å². The third-order valence-electron chi connectivity index (χ3n) is 0. The predicted molar refractivity (Wildman–Crippen MR) is 17.3 cm³/mol. The minimum Gasteiger partial charge on any atom is -0.726 e. The summed E-state index contributed by atoms with van der Waals surface area (Å²) >= 11 is 0. The maximum atomic E-state index is 8.63. The average molecular weight is 179 g/mol. The zero-order valence-electron chi connectivity index (χ0n) is 3.49. The molecule has 0 aliphatic heterocycles. The second-order valence-corrected chi connectivity index (χ2v) is 1.28. The summed E-state index contributed by atoms with van der Waals surface area (Å²) < 4.78 is 32.8. The maximum Gasteiger partial charge on any atom is 0.215 e. The largest absolute Gasteiger partial charge is 0.726 e. The molecular formula is H4NO4SZn-. The summed E-state index contributed by atoms with van der Waals surface area (Å²) in [5.74, 6) is 0. The van der Waals surface area contributed by atoms with Crippen LogP contribution in [0.5, 0.6) is 0 Å². The fraction of sp³-hybridized carbons (Fsp3) is 0. The van der Waals surface area contributed by atoms with Gasteiger partial charge in [-0.25, -0.2) is 8.42 Å². The first-order valence-corrected chi connectivity index (χ1v) is 2.05. The first-order valence-electron chi connectivity index (χ1n) is 0.683. The minimum atomic E-state index is -4.92. The SMILES string of the molecule is N.O=S(=O)([O-])O.[Zn]. The standard InChI is InChI=1S/H3N.H2O4S.Zn/c;1-5(2,3)4;/h1H3;(H2,1,2,3,4);/p-1. The van der Waals surface area contributed by atoms with Gasteiger partial charge in [0.2, 0.25) is 10.4 Å². The molecule has 0 spiro atoms. The summed E-state index contributed by atoms with van der Waals surface area (Å²) in [4.78, 5) is 0. The molecule has 0 bridgehead atoms. The van der Waals surface area contributed by atoms with Gasteiger partial charge in [0, 0.05) is 19.5 Å². The molecule has 0 atom stereocenters. The molecule has 0 saturated heterocycles. The molecule has 0 amide bonds. The molecule has 0 fully saturated rings. The normalized spacial score (nSPS) is 8.29. The molecule has 0 unspecified atom stereocenters. The Labute approximate surface area is 54.0 Å². The van der Waals surface area contributed by atoms with Crippen LogP contribution >= 0.6 is 0 Å². The van der Waals surface area contributed by atoms with E-state index >= 15 is 0 Å². The maximum absolute atomic E-state index is 8.63. The number of hydrogen-bond donors (Lipinski definition) is 2. The van der Waals surface area contributed by atoms with Crippen molar-refractivity contribution in [3.05, 3.63) is 0 Å². The molecule has 4 N–H and O–H groups in total. The van der Waals surface area contributed by atoms with Gasteiger partial charge in [0.25, 0.3) is 0 Å². The van der Waals surface area contributed by atoms with E-state index in [1.165, 1.54) is 0 Å². The van der Waals surface area contributed by atoms with Gasteiger partial charge in [0.1, 0.15) is 0 Å². The molecule has 0 heterocycles. The second-order valence-electron chi connectivity index (χ2n) is 0.428. The predicted octanol–water partition coefficient (Wildman–Crippen LogP) is -0.836. The quantitative estimate of drug-likeness (QED) is 0.286. The van der Waals surface area contributed by atoms with E-state index in [0.29, 0.717) is 0 Å². The Hall–Kier alpha value is 0.453. The summed E-state index contributed by atoms with van der Waals surface area (Å²) in [6, 6.07) is 0. The molecule has 5 nitrogen and oxygen atoms in total. The molecule has 0 aliphatic carbocycles. The van der Waals surface area contributed by atoms with Crippen molar-refractivity contribution in [3.63, 3.8) is 0 Å². The molecule has 42 valence electrons. The fourth-order valence-corrected chi connectivity index (χ4v) is 0. The molecule has 7 heteroatoms. The van der Waals surface area contributed by atoms with E-state index in [0.717, 1.165) is 0 Å². The third kappa shape index (κ3) is 623. The summed E-state index contributed by atoms with van der Waals surface area (Å²) in [6.07, 6.45) is 0. The van der Waals surface area contributed by atoms with E-state index in [4.69, 9.17) is 17.5 Å². The molecule has 0 rings (SSSR count). The van der Waals surface area contributed by atoms with E-state index in [2.05, 4.69) is 0 Å². The van der Waals surface area contributed by atoms with Crippen molar-refractivity contribution in [1.29, 1.82) is 0 Å². The topological polar surface area (TPSA) is 112 Å². The molecule has 0 aromatic carbocycles. The van der Waals surface area contributed by atoms with Gasteiger partial charge in [0.05, 0.1) is 0 Å². The molecule has 0 radical (unpaired) electrons. The smallest absolute Gasteiger partial charge is 0.215 e. The fourth-order valence-electron chi connectivity index (χ4n) is 0. The number of hydrogen-bond acceptors (Lipinski definition) is 4. The van der Waals surface area contributed by atoms with Crippen molar-refractivity contribution in [2.45, 2.75) is 0 Å². The Balaban J connectivity index is -0.0000000800. The van der Waals surface area contributed by atoms with Crippen LogP contribution in [0.1, 0.15) is 0 Å². The van der Waals surface area contributed by atoms with Crippen molar-refractivity contribution < 1.29 is 37.0 Å². The average Bonchev–Trinajstić information content (AvgIpc) is 0.722. The van der Waals surface area contributed by atoms with E-state index in [-0.39, 0.29) is 25.6 Å². The Kier molecular flexibility index (Phi) is 10.3. The van der Waals surface area contributed by atoms with Gasteiger partial charge >= 0.3 is 0 Å². The Morgan fingerprint density at radius 3 is 1.43 bits per heavy atom. The first-order chi connectivity index (χ1) is 2.00. The van der Waals surface area contributed by atoms with Crippen molar-refractivity contribution in [3.8, 4) is 0 Å². The molecule has 0 saturated carbocycles. The van der Waals surface area contributed by atoms with Gasteiger partial charge in [-0.05, 0) is 0 Å². The van der Waals surface area contributed by atoms with Crippen LogP contribution in [-0.2, 0) is 29.9 Å². The summed E-state index contributed by atoms with van der Waals surface area (Å²) in [7, 11) is -4.92. The van der Waals surface area contributed by atoms with Crippen LogP contribution < -0.4 is 6.15 Å². The minimum absolute atomic E-state index is 0. The molecule has 0 aromatic heterocycles. The van der Waals surface area contributed by atoms with E-state index in [1.807, 2.05) is 0 Å². The van der Waals surface area contributed by atoms with Crippen molar-refractivity contribution >= 4 is 10.4 Å². The zero-order chi connectivity index (χ0) is 4.50. The van der Waals surface area contributed by atoms with Crippen LogP contribution in [0.4, 0.5) is 0 Å². The monoisotopic (exact) mass is 178 g/mol. The van der Waals surface area contributed by atoms with E-state index in [9.17, 15) is 0 Å². The molecule has 0 aliphatic rings. The summed E-state index contributed by atoms with van der Waals surface area (Å²) in [6.45, 7) is 0. The Bertz CT molecular complexity index is 94.9. The molecular weight excluding hydrogens is 175 g/mol. The van der Waals surface area contributed by atoms with Crippen LogP contribution in [0.15, 0.2) is 0 Å². The second kappa shape index (κ2) is 4.61. The molecule has 7 heavy (non-hydrogen) atoms. The van der Waals surface area contributed by atoms with Crippen molar-refractivity contribution in [2.75, 3.05) is 0 Å². The summed E-state index contributed by atoms with van der Waals surface area (Å²) in [5.41, 5.74) is 0. The van der Waals surface area contributed by atoms with Crippen LogP contribution in [0.25, 0.3) is 0 Å². The van der Waals surface area contributed by atoms with Crippen LogP contribution in [-0.4, -0.2) is 17.5 Å².